The third-order valence-corrected chi connectivity index (χ3v) is 3.90. The first-order valence-corrected chi connectivity index (χ1v) is 6.47. The summed E-state index contributed by atoms with van der Waals surface area (Å²) in [4.78, 5) is 11.7. The number of hydrogen-bond donors (Lipinski definition) is 1. The Kier molecular flexibility index (Phi) is 5.09. The van der Waals surface area contributed by atoms with E-state index >= 15 is 0 Å². The van der Waals surface area contributed by atoms with E-state index in [9.17, 15) is 4.79 Å². The van der Waals surface area contributed by atoms with Gasteiger partial charge in [-0.05, 0) is 30.8 Å². The number of carbonyl (C=O) groups excluding carboxylic acids is 1. The molecule has 1 N–H and O–H groups in total. The molecule has 8 heteroatoms. The van der Waals surface area contributed by atoms with Crippen molar-refractivity contribution < 1.29 is 9.53 Å². The second kappa shape index (κ2) is 6.14. The summed E-state index contributed by atoms with van der Waals surface area (Å²) in [5, 5.41) is 15.2. The molecule has 0 fully saturated rings. The highest BCUT2D eigenvalue weighted by Crippen LogP contribution is 2.27. The van der Waals surface area contributed by atoms with E-state index in [1.54, 1.807) is 18.8 Å². The van der Waals surface area contributed by atoms with E-state index in [0.717, 1.165) is 5.16 Å². The summed E-state index contributed by atoms with van der Waals surface area (Å²) in [5.74, 6) is -0.270. The number of ether oxygens (including phenoxy) is 1. The molecule has 0 aliphatic rings. The minimum absolute atomic E-state index is 0.172. The van der Waals surface area contributed by atoms with E-state index < -0.39 is 5.54 Å². The van der Waals surface area contributed by atoms with Crippen LogP contribution in [0.15, 0.2) is 5.16 Å². The van der Waals surface area contributed by atoms with Gasteiger partial charge in [0.05, 0.1) is 7.11 Å². The summed E-state index contributed by atoms with van der Waals surface area (Å²) >= 11 is 1.53. The van der Waals surface area contributed by atoms with E-state index in [1.807, 2.05) is 13.8 Å². The average Bonchev–Trinajstić information content (AvgIpc) is 2.73. The van der Waals surface area contributed by atoms with Crippen LogP contribution in [0.25, 0.3) is 0 Å². The van der Waals surface area contributed by atoms with Gasteiger partial charge in [0, 0.05) is 12.3 Å². The topological polar surface area (TPSA) is 81.9 Å². The van der Waals surface area contributed by atoms with Crippen LogP contribution in [0.5, 0.6) is 0 Å². The molecular weight excluding hydrogens is 254 g/mol. The zero-order valence-corrected chi connectivity index (χ0v) is 12.1. The van der Waals surface area contributed by atoms with Crippen LogP contribution in [-0.4, -0.2) is 51.1 Å². The summed E-state index contributed by atoms with van der Waals surface area (Å²) in [7, 11) is 4.92. The molecule has 0 radical (unpaired) electrons. The second-order valence-electron chi connectivity index (χ2n) is 4.29. The Balaban J connectivity index is 2.65. The fourth-order valence-corrected chi connectivity index (χ4v) is 2.68. The Labute approximate surface area is 111 Å². The molecule has 0 saturated heterocycles. The molecule has 0 aliphatic carbocycles. The van der Waals surface area contributed by atoms with Crippen molar-refractivity contribution >= 4 is 17.7 Å². The first-order chi connectivity index (χ1) is 8.42. The van der Waals surface area contributed by atoms with Gasteiger partial charge in [-0.1, -0.05) is 18.7 Å². The highest BCUT2D eigenvalue weighted by atomic mass is 32.2. The molecule has 7 nitrogen and oxygen atoms in total. The predicted octanol–water partition coefficient (Wildman–Crippen LogP) is 0.232. The molecule has 0 aromatic carbocycles. The number of methoxy groups -OCH3 is 1. The summed E-state index contributed by atoms with van der Waals surface area (Å²) < 4.78 is 6.42. The molecular formula is C10H19N5O2S. The van der Waals surface area contributed by atoms with E-state index in [1.165, 1.54) is 18.9 Å². The molecule has 0 spiro atoms. The number of esters is 1. The third-order valence-electron chi connectivity index (χ3n) is 2.77. The minimum Gasteiger partial charge on any atom is -0.468 e. The van der Waals surface area contributed by atoms with Crippen LogP contribution in [0.3, 0.4) is 0 Å². The lowest BCUT2D eigenvalue weighted by atomic mass is 9.96. The van der Waals surface area contributed by atoms with Gasteiger partial charge in [0.15, 0.2) is 0 Å². The Morgan fingerprint density at radius 1 is 1.67 bits per heavy atom. The van der Waals surface area contributed by atoms with E-state index in [0.29, 0.717) is 6.42 Å². The number of hydrogen-bond acceptors (Lipinski definition) is 7. The molecule has 1 aromatic rings. The number of aromatic nitrogens is 4. The summed E-state index contributed by atoms with van der Waals surface area (Å²) in [6, 6.07) is 0. The van der Waals surface area contributed by atoms with Crippen molar-refractivity contribution in [3.8, 4) is 0 Å². The molecule has 0 bridgehead atoms. The van der Waals surface area contributed by atoms with Crippen molar-refractivity contribution in [2.75, 3.05) is 14.2 Å². The van der Waals surface area contributed by atoms with E-state index in [2.05, 4.69) is 20.8 Å². The van der Waals surface area contributed by atoms with Gasteiger partial charge in [0.25, 0.3) is 0 Å². The smallest absolute Gasteiger partial charge is 0.325 e. The maximum Gasteiger partial charge on any atom is 0.325 e. The van der Waals surface area contributed by atoms with E-state index in [-0.39, 0.29) is 11.2 Å². The molecule has 0 saturated carbocycles. The van der Waals surface area contributed by atoms with Gasteiger partial charge < -0.3 is 10.1 Å². The minimum atomic E-state index is -0.701. The maximum atomic E-state index is 11.7. The van der Waals surface area contributed by atoms with Crippen LogP contribution in [0.1, 0.15) is 20.3 Å². The molecule has 0 amide bonds. The van der Waals surface area contributed by atoms with Crippen LogP contribution in [-0.2, 0) is 16.6 Å². The monoisotopic (exact) mass is 273 g/mol. The fourth-order valence-electron chi connectivity index (χ4n) is 1.63. The van der Waals surface area contributed by atoms with Crippen LogP contribution in [0, 0.1) is 0 Å². The van der Waals surface area contributed by atoms with Gasteiger partial charge in [0.1, 0.15) is 5.54 Å². The number of aryl methyl sites for hydroxylation is 1. The Morgan fingerprint density at radius 2 is 2.33 bits per heavy atom. The van der Waals surface area contributed by atoms with Crippen molar-refractivity contribution in [2.24, 2.45) is 7.05 Å². The molecule has 1 aromatic heterocycles. The molecule has 2 atom stereocenters. The first kappa shape index (κ1) is 14.9. The normalized spacial score (nSPS) is 16.1. The van der Waals surface area contributed by atoms with E-state index in [4.69, 9.17) is 4.74 Å². The quantitative estimate of drug-likeness (QED) is 0.587. The van der Waals surface area contributed by atoms with Crippen molar-refractivity contribution in [1.82, 2.24) is 25.5 Å². The molecule has 0 aliphatic heterocycles. The first-order valence-electron chi connectivity index (χ1n) is 5.59. The Morgan fingerprint density at radius 3 is 2.78 bits per heavy atom. The van der Waals surface area contributed by atoms with Crippen molar-refractivity contribution in [3.05, 3.63) is 0 Å². The molecule has 18 heavy (non-hydrogen) atoms. The maximum absolute atomic E-state index is 11.7. The Hall–Kier alpha value is -1.15. The zero-order chi connectivity index (χ0) is 13.8. The molecule has 102 valence electrons. The highest BCUT2D eigenvalue weighted by Gasteiger charge is 2.34. The van der Waals surface area contributed by atoms with Gasteiger partial charge in [-0.15, -0.1) is 5.10 Å². The van der Waals surface area contributed by atoms with Crippen LogP contribution in [0.2, 0.25) is 0 Å². The van der Waals surface area contributed by atoms with Crippen LogP contribution in [0.4, 0.5) is 0 Å². The highest BCUT2D eigenvalue weighted by molar-refractivity contribution is 7.99. The van der Waals surface area contributed by atoms with Crippen molar-refractivity contribution in [2.45, 2.75) is 36.2 Å². The van der Waals surface area contributed by atoms with Crippen LogP contribution >= 0.6 is 11.8 Å². The predicted molar refractivity (Wildman–Crippen MR) is 68.2 cm³/mol. The zero-order valence-electron chi connectivity index (χ0n) is 11.3. The molecule has 1 rings (SSSR count). The number of rotatable bonds is 6. The largest absolute Gasteiger partial charge is 0.468 e. The lowest BCUT2D eigenvalue weighted by Gasteiger charge is -2.28. The summed E-state index contributed by atoms with van der Waals surface area (Å²) in [5.41, 5.74) is -0.701. The molecule has 2 unspecified atom stereocenters. The number of nitrogens with zero attached hydrogens (tertiary/aromatic N) is 4. The number of tetrazole rings is 1. The molecule has 1 heterocycles. The SMILES string of the molecule is CNC(C)(CC(C)Sc1nnnn1C)C(=O)OC. The lowest BCUT2D eigenvalue weighted by Crippen LogP contribution is -2.49. The fraction of sp³-hybridized carbons (Fsp3) is 0.800. The van der Waals surface area contributed by atoms with Crippen LogP contribution < -0.4 is 5.32 Å². The number of carbonyl (C=O) groups is 1. The number of thioether (sulfide) groups is 1. The van der Waals surface area contributed by atoms with Crippen molar-refractivity contribution in [3.63, 3.8) is 0 Å². The standard InChI is InChI=1S/C10H19N5O2S/c1-7(18-9-12-13-14-15(9)4)6-10(2,11-3)8(16)17-5/h7,11H,6H2,1-5H3. The average molecular weight is 273 g/mol. The third kappa shape index (κ3) is 3.42. The van der Waals surface area contributed by atoms with Gasteiger partial charge in [-0.3, -0.25) is 4.79 Å². The van der Waals surface area contributed by atoms with Gasteiger partial charge >= 0.3 is 5.97 Å². The number of likely N-dealkylation sites (N-methyl/N-ethyl adjacent to an activating group) is 1. The Bertz CT molecular complexity index is 411. The van der Waals surface area contributed by atoms with Gasteiger partial charge in [0.2, 0.25) is 5.16 Å². The lowest BCUT2D eigenvalue weighted by molar-refractivity contribution is -0.147. The summed E-state index contributed by atoms with van der Waals surface area (Å²) in [6.45, 7) is 3.85. The number of nitrogens with one attached hydrogen (secondary N) is 1. The van der Waals surface area contributed by atoms with Crippen molar-refractivity contribution in [1.29, 1.82) is 0 Å². The summed E-state index contributed by atoms with van der Waals surface area (Å²) in [6.07, 6.45) is 0.619. The van der Waals surface area contributed by atoms with Gasteiger partial charge in [-0.2, -0.15) is 0 Å². The van der Waals surface area contributed by atoms with Gasteiger partial charge in [-0.25, -0.2) is 4.68 Å². The second-order valence-corrected chi connectivity index (χ2v) is 5.70.